The predicted molar refractivity (Wildman–Crippen MR) is 192 cm³/mol. The summed E-state index contributed by atoms with van der Waals surface area (Å²) in [5, 5.41) is 4.94. The van der Waals surface area contributed by atoms with Gasteiger partial charge in [-0.25, -0.2) is 29.9 Å². The summed E-state index contributed by atoms with van der Waals surface area (Å²) in [7, 11) is 0. The smallest absolute Gasteiger partial charge is 0.162 e. The average Bonchev–Trinajstić information content (AvgIpc) is 3.61. The normalized spacial score (nSPS) is 11.8. The quantitative estimate of drug-likeness (QED) is 0.195. The van der Waals surface area contributed by atoms with Gasteiger partial charge in [-0.3, -0.25) is 0 Å². The Hall–Kier alpha value is -6.28. The number of benzene rings is 5. The van der Waals surface area contributed by atoms with Crippen LogP contribution in [0.1, 0.15) is 22.3 Å². The minimum absolute atomic E-state index is 0.673. The van der Waals surface area contributed by atoms with Crippen molar-refractivity contribution in [2.75, 3.05) is 0 Å². The number of para-hydroxylation sites is 2. The van der Waals surface area contributed by atoms with Crippen molar-refractivity contribution in [1.29, 1.82) is 0 Å². The Morgan fingerprint density at radius 3 is 1.15 bits per heavy atom. The fourth-order valence-electron chi connectivity index (χ4n) is 7.65. The van der Waals surface area contributed by atoms with Gasteiger partial charge < -0.3 is 9.13 Å². The molecule has 0 aliphatic carbocycles. The summed E-state index contributed by atoms with van der Waals surface area (Å²) in [5.41, 5.74) is 13.6. The van der Waals surface area contributed by atoms with Gasteiger partial charge in [0.15, 0.2) is 11.6 Å². The lowest BCUT2D eigenvalue weighted by molar-refractivity contribution is 1.05. The molecule has 8 heteroatoms. The summed E-state index contributed by atoms with van der Waals surface area (Å²) in [6.45, 7) is 8.68. The van der Waals surface area contributed by atoms with Crippen molar-refractivity contribution in [3.63, 3.8) is 0 Å². The summed E-state index contributed by atoms with van der Waals surface area (Å²) in [6, 6.07) is 30.8. The summed E-state index contributed by atoms with van der Waals surface area (Å²) in [6.07, 6.45) is 6.18. The molecule has 0 radical (unpaired) electrons. The first kappa shape index (κ1) is 28.0. The van der Waals surface area contributed by atoms with Crippen LogP contribution in [0.15, 0.2) is 110 Å². The molecule has 0 saturated heterocycles. The number of fused-ring (bicyclic) bond motifs is 7. The topological polar surface area (TPSA) is 87.2 Å². The molecule has 0 aliphatic rings. The molecular formula is C40H30N8. The first-order valence-corrected chi connectivity index (χ1v) is 15.9. The highest BCUT2D eigenvalue weighted by Crippen LogP contribution is 2.44. The molecule has 8 nitrogen and oxygen atoms in total. The van der Waals surface area contributed by atoms with Crippen molar-refractivity contribution in [1.82, 2.24) is 39.0 Å². The van der Waals surface area contributed by atoms with Gasteiger partial charge in [0.05, 0.1) is 33.4 Å². The Balaban J connectivity index is 1.35. The molecule has 230 valence electrons. The van der Waals surface area contributed by atoms with Gasteiger partial charge in [0.2, 0.25) is 0 Å². The van der Waals surface area contributed by atoms with E-state index in [0.29, 0.717) is 11.6 Å². The minimum atomic E-state index is 0.673. The zero-order valence-electron chi connectivity index (χ0n) is 27.0. The Morgan fingerprint density at radius 1 is 0.417 bits per heavy atom. The van der Waals surface area contributed by atoms with Crippen LogP contribution >= 0.6 is 0 Å². The van der Waals surface area contributed by atoms with E-state index >= 15 is 0 Å². The van der Waals surface area contributed by atoms with Crippen molar-refractivity contribution in [2.24, 2.45) is 0 Å². The molecule has 0 unspecified atom stereocenters. The van der Waals surface area contributed by atoms with E-state index in [1.807, 2.05) is 0 Å². The number of nitrogens with zero attached hydrogens (tertiary/aromatic N) is 8. The van der Waals surface area contributed by atoms with E-state index in [2.05, 4.69) is 152 Å². The maximum absolute atomic E-state index is 4.41. The lowest BCUT2D eigenvalue weighted by Crippen LogP contribution is -2.02. The molecule has 0 bridgehead atoms. The summed E-state index contributed by atoms with van der Waals surface area (Å²) in [4.78, 5) is 25.6. The van der Waals surface area contributed by atoms with E-state index < -0.39 is 0 Å². The molecule has 48 heavy (non-hydrogen) atoms. The second-order valence-electron chi connectivity index (χ2n) is 12.4. The van der Waals surface area contributed by atoms with Crippen LogP contribution in [0.3, 0.4) is 0 Å². The highest BCUT2D eigenvalue weighted by Gasteiger charge is 2.23. The number of hydrogen-bond donors (Lipinski definition) is 0. The van der Waals surface area contributed by atoms with E-state index in [0.717, 1.165) is 33.4 Å². The van der Waals surface area contributed by atoms with Crippen LogP contribution < -0.4 is 0 Å². The van der Waals surface area contributed by atoms with Crippen LogP contribution in [0.4, 0.5) is 0 Å². The standard InChI is InChI=1S/C40H30N8/c1-23-15-27(39-43-19-41-20-44-39)16-24(2)37(23)47-31-11-7-5-9-29(31)35-33(47)13-14-34-36(35)30-10-6-8-12-32(30)48(34)38-25(3)17-28(18-26(38)4)40-45-21-42-22-46-40/h5-22H,1-4H3. The van der Waals surface area contributed by atoms with Crippen LogP contribution in [0.5, 0.6) is 0 Å². The third kappa shape index (κ3) is 4.09. The summed E-state index contributed by atoms with van der Waals surface area (Å²) >= 11 is 0. The summed E-state index contributed by atoms with van der Waals surface area (Å²) < 4.78 is 4.86. The molecule has 0 spiro atoms. The lowest BCUT2D eigenvalue weighted by atomic mass is 10.0. The monoisotopic (exact) mass is 622 g/mol. The Morgan fingerprint density at radius 2 is 0.771 bits per heavy atom. The molecule has 0 atom stereocenters. The van der Waals surface area contributed by atoms with Crippen LogP contribution in [-0.2, 0) is 0 Å². The van der Waals surface area contributed by atoms with Crippen molar-refractivity contribution in [2.45, 2.75) is 27.7 Å². The molecule has 0 saturated carbocycles. The maximum atomic E-state index is 4.41. The second kappa shape index (κ2) is 10.6. The van der Waals surface area contributed by atoms with Crippen LogP contribution in [0.2, 0.25) is 0 Å². The first-order valence-electron chi connectivity index (χ1n) is 15.9. The molecule has 9 aromatic rings. The van der Waals surface area contributed by atoms with E-state index in [1.165, 1.54) is 55.0 Å². The molecule has 0 N–H and O–H groups in total. The van der Waals surface area contributed by atoms with Gasteiger partial charge in [-0.2, -0.15) is 0 Å². The van der Waals surface area contributed by atoms with Crippen molar-refractivity contribution >= 4 is 43.6 Å². The molecule has 0 aliphatic heterocycles. The van der Waals surface area contributed by atoms with Gasteiger partial charge in [-0.15, -0.1) is 0 Å². The van der Waals surface area contributed by atoms with Gasteiger partial charge in [-0.05, 0) is 98.5 Å². The molecule has 0 fully saturated rings. The van der Waals surface area contributed by atoms with Gasteiger partial charge in [0.1, 0.15) is 25.3 Å². The summed E-state index contributed by atoms with van der Waals surface area (Å²) in [5.74, 6) is 1.35. The molecule has 0 amide bonds. The minimum Gasteiger partial charge on any atom is -0.309 e. The highest BCUT2D eigenvalue weighted by atomic mass is 15.0. The fourth-order valence-corrected chi connectivity index (χ4v) is 7.65. The number of hydrogen-bond acceptors (Lipinski definition) is 6. The number of aromatic nitrogens is 8. The number of aryl methyl sites for hydroxylation is 4. The van der Waals surface area contributed by atoms with Crippen LogP contribution in [0, 0.1) is 27.7 Å². The van der Waals surface area contributed by atoms with E-state index in [-0.39, 0.29) is 0 Å². The Labute approximate surface area is 276 Å². The first-order chi connectivity index (χ1) is 23.5. The van der Waals surface area contributed by atoms with Crippen LogP contribution in [0.25, 0.3) is 77.8 Å². The van der Waals surface area contributed by atoms with Gasteiger partial charge in [-0.1, -0.05) is 36.4 Å². The van der Waals surface area contributed by atoms with Crippen molar-refractivity contribution in [3.8, 4) is 34.2 Å². The fraction of sp³-hybridized carbons (Fsp3) is 0.100. The zero-order valence-corrected chi connectivity index (χ0v) is 27.0. The predicted octanol–water partition coefficient (Wildman–Crippen LogP) is 8.82. The Bertz CT molecular complexity index is 2470. The maximum Gasteiger partial charge on any atom is 0.162 e. The molecular weight excluding hydrogens is 592 g/mol. The largest absolute Gasteiger partial charge is 0.309 e. The van der Waals surface area contributed by atoms with Gasteiger partial charge in [0.25, 0.3) is 0 Å². The Kier molecular flexibility index (Phi) is 6.20. The highest BCUT2D eigenvalue weighted by molar-refractivity contribution is 6.29. The molecule has 4 aromatic heterocycles. The van der Waals surface area contributed by atoms with Crippen LogP contribution in [-0.4, -0.2) is 39.0 Å². The van der Waals surface area contributed by atoms with E-state index in [1.54, 1.807) is 25.3 Å². The van der Waals surface area contributed by atoms with Gasteiger partial charge >= 0.3 is 0 Å². The molecule has 9 rings (SSSR count). The van der Waals surface area contributed by atoms with E-state index in [4.69, 9.17) is 0 Å². The zero-order chi connectivity index (χ0) is 32.5. The number of rotatable bonds is 4. The second-order valence-corrected chi connectivity index (χ2v) is 12.4. The van der Waals surface area contributed by atoms with Crippen molar-refractivity contribution < 1.29 is 0 Å². The third-order valence-electron chi connectivity index (χ3n) is 9.40. The van der Waals surface area contributed by atoms with Crippen molar-refractivity contribution in [3.05, 3.63) is 132 Å². The third-order valence-corrected chi connectivity index (χ3v) is 9.40. The molecule has 4 heterocycles. The SMILES string of the molecule is Cc1cc(-c2ncncn2)cc(C)c1-n1c2ccccc2c2c3c4ccccc4n(-c4c(C)cc(-c5ncncn5)cc4C)c3ccc21. The average molecular weight is 623 g/mol. The van der Waals surface area contributed by atoms with Gasteiger partial charge in [0, 0.05) is 32.7 Å². The van der Waals surface area contributed by atoms with E-state index in [9.17, 15) is 0 Å². The lowest BCUT2D eigenvalue weighted by Gasteiger charge is -2.17. The molecule has 5 aromatic carbocycles.